The van der Waals surface area contributed by atoms with Crippen molar-refractivity contribution in [3.05, 3.63) is 34.9 Å². The van der Waals surface area contributed by atoms with Crippen LogP contribution in [0.5, 0.6) is 0 Å². The van der Waals surface area contributed by atoms with Crippen molar-refractivity contribution in [2.24, 2.45) is 11.7 Å². The average Bonchev–Trinajstić information content (AvgIpc) is 2.32. The van der Waals surface area contributed by atoms with Gasteiger partial charge in [0.15, 0.2) is 0 Å². The van der Waals surface area contributed by atoms with E-state index in [2.05, 4.69) is 50.8 Å². The first-order valence-electron chi connectivity index (χ1n) is 7.06. The van der Waals surface area contributed by atoms with Gasteiger partial charge in [-0.15, -0.1) is 0 Å². The summed E-state index contributed by atoms with van der Waals surface area (Å²) in [6, 6.07) is 7.67. The Morgan fingerprint density at radius 2 is 2.06 bits per heavy atom. The summed E-state index contributed by atoms with van der Waals surface area (Å²) in [4.78, 5) is 2.58. The van der Waals surface area contributed by atoms with Crippen molar-refractivity contribution in [1.82, 2.24) is 4.90 Å². The molecule has 1 heterocycles. The lowest BCUT2D eigenvalue weighted by Crippen LogP contribution is -2.46. The third-order valence-corrected chi connectivity index (χ3v) is 4.43. The first kappa shape index (κ1) is 13.6. The molecular weight excluding hydrogens is 220 g/mol. The van der Waals surface area contributed by atoms with Gasteiger partial charge < -0.3 is 5.73 Å². The van der Waals surface area contributed by atoms with Crippen LogP contribution in [0.15, 0.2) is 18.2 Å². The van der Waals surface area contributed by atoms with Crippen molar-refractivity contribution in [3.8, 4) is 0 Å². The van der Waals surface area contributed by atoms with E-state index in [0.29, 0.717) is 18.0 Å². The molecule has 0 radical (unpaired) electrons. The Morgan fingerprint density at radius 3 is 2.67 bits per heavy atom. The Kier molecular flexibility index (Phi) is 4.08. The van der Waals surface area contributed by atoms with Gasteiger partial charge in [0, 0.05) is 25.2 Å². The minimum atomic E-state index is 0.382. The van der Waals surface area contributed by atoms with E-state index in [1.54, 1.807) is 0 Å². The molecule has 0 saturated carbocycles. The number of nitrogens with zero attached hydrogens (tertiary/aromatic N) is 1. The number of aryl methyl sites for hydroxylation is 2. The molecule has 1 aromatic carbocycles. The lowest BCUT2D eigenvalue weighted by Gasteiger charge is -2.39. The van der Waals surface area contributed by atoms with Crippen LogP contribution in [0.1, 0.15) is 43.0 Å². The van der Waals surface area contributed by atoms with Crippen LogP contribution in [-0.4, -0.2) is 24.0 Å². The maximum Gasteiger partial charge on any atom is 0.0322 e. The minimum absolute atomic E-state index is 0.382. The van der Waals surface area contributed by atoms with Crippen molar-refractivity contribution in [3.63, 3.8) is 0 Å². The second-order valence-electron chi connectivity index (χ2n) is 5.96. The van der Waals surface area contributed by atoms with Gasteiger partial charge in [-0.05, 0) is 44.2 Å². The van der Waals surface area contributed by atoms with Gasteiger partial charge in [-0.2, -0.15) is 0 Å². The van der Waals surface area contributed by atoms with Crippen LogP contribution >= 0.6 is 0 Å². The zero-order valence-corrected chi connectivity index (χ0v) is 12.1. The largest absolute Gasteiger partial charge is 0.327 e. The number of benzene rings is 1. The third kappa shape index (κ3) is 2.76. The zero-order chi connectivity index (χ0) is 13.3. The molecule has 0 amide bonds. The summed E-state index contributed by atoms with van der Waals surface area (Å²) >= 11 is 0. The fourth-order valence-corrected chi connectivity index (χ4v) is 3.04. The van der Waals surface area contributed by atoms with Crippen LogP contribution < -0.4 is 5.73 Å². The van der Waals surface area contributed by atoms with Crippen LogP contribution in [0.2, 0.25) is 0 Å². The molecule has 1 fully saturated rings. The standard InChI is InChI=1S/C16H26N2/c1-11-5-6-15(12(2)9-11)14(4)18-8-7-16(17)13(3)10-18/h5-6,9,13-14,16H,7-8,10,17H2,1-4H3. The highest BCUT2D eigenvalue weighted by molar-refractivity contribution is 5.32. The summed E-state index contributed by atoms with van der Waals surface area (Å²) in [7, 11) is 0. The van der Waals surface area contributed by atoms with Crippen molar-refractivity contribution in [2.45, 2.75) is 46.2 Å². The maximum atomic E-state index is 6.10. The van der Waals surface area contributed by atoms with E-state index in [1.807, 2.05) is 0 Å². The topological polar surface area (TPSA) is 29.3 Å². The first-order chi connectivity index (χ1) is 8.49. The summed E-state index contributed by atoms with van der Waals surface area (Å²) in [6.07, 6.45) is 1.12. The Labute approximate surface area is 111 Å². The van der Waals surface area contributed by atoms with Gasteiger partial charge in [0.25, 0.3) is 0 Å². The Morgan fingerprint density at radius 1 is 1.33 bits per heavy atom. The Hall–Kier alpha value is -0.860. The molecule has 100 valence electrons. The molecule has 0 bridgehead atoms. The molecular formula is C16H26N2. The SMILES string of the molecule is Cc1ccc(C(C)N2CCC(N)C(C)C2)c(C)c1. The van der Waals surface area contributed by atoms with Gasteiger partial charge in [-0.25, -0.2) is 0 Å². The second kappa shape index (κ2) is 5.41. The molecule has 3 atom stereocenters. The van der Waals surface area contributed by atoms with Crippen molar-refractivity contribution in [2.75, 3.05) is 13.1 Å². The number of hydrogen-bond donors (Lipinski definition) is 1. The van der Waals surface area contributed by atoms with Gasteiger partial charge in [0.2, 0.25) is 0 Å². The lowest BCUT2D eigenvalue weighted by atomic mass is 9.91. The fraction of sp³-hybridized carbons (Fsp3) is 0.625. The highest BCUT2D eigenvalue weighted by Gasteiger charge is 2.27. The predicted octanol–water partition coefficient (Wildman–Crippen LogP) is 3.03. The molecule has 18 heavy (non-hydrogen) atoms. The van der Waals surface area contributed by atoms with Crippen LogP contribution in [0.25, 0.3) is 0 Å². The highest BCUT2D eigenvalue weighted by Crippen LogP contribution is 2.28. The molecule has 1 saturated heterocycles. The number of nitrogens with two attached hydrogens (primary N) is 1. The van der Waals surface area contributed by atoms with Gasteiger partial charge >= 0.3 is 0 Å². The van der Waals surface area contributed by atoms with E-state index in [0.717, 1.165) is 19.5 Å². The molecule has 0 spiro atoms. The van der Waals surface area contributed by atoms with Crippen molar-refractivity contribution >= 4 is 0 Å². The summed E-state index contributed by atoms with van der Waals surface area (Å²) in [6.45, 7) is 11.2. The van der Waals surface area contributed by atoms with Gasteiger partial charge in [0.05, 0.1) is 0 Å². The summed E-state index contributed by atoms with van der Waals surface area (Å²) in [5, 5.41) is 0. The molecule has 3 unspecified atom stereocenters. The average molecular weight is 246 g/mol. The lowest BCUT2D eigenvalue weighted by molar-refractivity contribution is 0.124. The molecule has 1 aliphatic heterocycles. The molecule has 2 N–H and O–H groups in total. The third-order valence-electron chi connectivity index (χ3n) is 4.43. The number of piperidine rings is 1. The molecule has 1 aromatic rings. The monoisotopic (exact) mass is 246 g/mol. The smallest absolute Gasteiger partial charge is 0.0322 e. The van der Waals surface area contributed by atoms with E-state index in [4.69, 9.17) is 5.73 Å². The maximum absolute atomic E-state index is 6.10. The second-order valence-corrected chi connectivity index (χ2v) is 5.96. The van der Waals surface area contributed by atoms with Crippen LogP contribution in [0.3, 0.4) is 0 Å². The molecule has 0 aromatic heterocycles. The number of rotatable bonds is 2. The fourth-order valence-electron chi connectivity index (χ4n) is 3.04. The van der Waals surface area contributed by atoms with Crippen LogP contribution in [0.4, 0.5) is 0 Å². The first-order valence-corrected chi connectivity index (χ1v) is 7.06. The van der Waals surface area contributed by atoms with E-state index >= 15 is 0 Å². The van der Waals surface area contributed by atoms with Gasteiger partial charge in [0.1, 0.15) is 0 Å². The molecule has 2 nitrogen and oxygen atoms in total. The van der Waals surface area contributed by atoms with E-state index in [1.165, 1.54) is 16.7 Å². The molecule has 2 heteroatoms. The molecule has 0 aliphatic carbocycles. The van der Waals surface area contributed by atoms with Crippen molar-refractivity contribution < 1.29 is 0 Å². The van der Waals surface area contributed by atoms with Crippen molar-refractivity contribution in [1.29, 1.82) is 0 Å². The Bertz CT molecular complexity index is 414. The number of likely N-dealkylation sites (tertiary alicyclic amines) is 1. The summed E-state index contributed by atoms with van der Waals surface area (Å²) in [5.74, 6) is 0.604. The predicted molar refractivity (Wildman–Crippen MR) is 77.7 cm³/mol. The summed E-state index contributed by atoms with van der Waals surface area (Å²) in [5.41, 5.74) is 10.3. The molecule has 2 rings (SSSR count). The highest BCUT2D eigenvalue weighted by atomic mass is 15.2. The zero-order valence-electron chi connectivity index (χ0n) is 12.1. The Balaban J connectivity index is 2.13. The number of hydrogen-bond acceptors (Lipinski definition) is 2. The minimum Gasteiger partial charge on any atom is -0.327 e. The van der Waals surface area contributed by atoms with E-state index < -0.39 is 0 Å². The van der Waals surface area contributed by atoms with E-state index in [-0.39, 0.29) is 0 Å². The van der Waals surface area contributed by atoms with Crippen LogP contribution in [0, 0.1) is 19.8 Å². The normalized spacial score (nSPS) is 27.2. The van der Waals surface area contributed by atoms with Gasteiger partial charge in [-0.1, -0.05) is 30.7 Å². The molecule has 1 aliphatic rings. The van der Waals surface area contributed by atoms with E-state index in [9.17, 15) is 0 Å². The van der Waals surface area contributed by atoms with Gasteiger partial charge in [-0.3, -0.25) is 4.90 Å². The van der Waals surface area contributed by atoms with Crippen LogP contribution in [-0.2, 0) is 0 Å². The summed E-state index contributed by atoms with van der Waals surface area (Å²) < 4.78 is 0. The quantitative estimate of drug-likeness (QED) is 0.869.